The van der Waals surface area contributed by atoms with Crippen LogP contribution in [0.1, 0.15) is 34.1 Å². The molecule has 1 aromatic heterocycles. The Kier molecular flexibility index (Phi) is 5.85. The standard InChI is InChI=1S/C17H24BrN3O3/c1-5-21(14-7-6-13(18)10-19-14)15(22)12-8-9-20(11-12)16(23)24-17(2,3)4/h6-7,10,12H,5,8-9,11H2,1-4H3/t12-/m1/s1. The predicted molar refractivity (Wildman–Crippen MR) is 95.9 cm³/mol. The minimum Gasteiger partial charge on any atom is -0.444 e. The number of hydrogen-bond donors (Lipinski definition) is 0. The molecule has 1 aliphatic rings. The molecule has 0 N–H and O–H groups in total. The van der Waals surface area contributed by atoms with Crippen LogP contribution in [-0.4, -0.2) is 47.1 Å². The first-order chi connectivity index (χ1) is 11.2. The van der Waals surface area contributed by atoms with Gasteiger partial charge in [-0.25, -0.2) is 9.78 Å². The summed E-state index contributed by atoms with van der Waals surface area (Å²) in [6.45, 7) is 8.89. The highest BCUT2D eigenvalue weighted by atomic mass is 79.9. The molecule has 2 rings (SSSR count). The highest BCUT2D eigenvalue weighted by molar-refractivity contribution is 9.10. The van der Waals surface area contributed by atoms with Crippen LogP contribution in [0.5, 0.6) is 0 Å². The Bertz CT molecular complexity index is 598. The molecule has 2 amide bonds. The number of hydrogen-bond acceptors (Lipinski definition) is 4. The number of rotatable bonds is 3. The molecule has 0 aliphatic carbocycles. The average Bonchev–Trinajstić information content (AvgIpc) is 2.98. The van der Waals surface area contributed by atoms with Gasteiger partial charge in [0.15, 0.2) is 0 Å². The van der Waals surface area contributed by atoms with Gasteiger partial charge in [0.1, 0.15) is 11.4 Å². The number of halogens is 1. The van der Waals surface area contributed by atoms with E-state index in [0.717, 1.165) is 4.47 Å². The van der Waals surface area contributed by atoms with Crippen molar-refractivity contribution < 1.29 is 14.3 Å². The normalized spacial score (nSPS) is 17.7. The maximum atomic E-state index is 12.8. The average molecular weight is 398 g/mol. The number of nitrogens with zero attached hydrogens (tertiary/aromatic N) is 3. The molecule has 6 nitrogen and oxygen atoms in total. The van der Waals surface area contributed by atoms with Crippen molar-refractivity contribution >= 4 is 33.7 Å². The molecule has 1 atom stereocenters. The minimum atomic E-state index is -0.532. The maximum Gasteiger partial charge on any atom is 0.410 e. The van der Waals surface area contributed by atoms with E-state index in [1.807, 2.05) is 39.8 Å². The summed E-state index contributed by atoms with van der Waals surface area (Å²) in [5.41, 5.74) is -0.532. The molecule has 24 heavy (non-hydrogen) atoms. The molecule has 0 radical (unpaired) electrons. The highest BCUT2D eigenvalue weighted by Gasteiger charge is 2.35. The lowest BCUT2D eigenvalue weighted by molar-refractivity contribution is -0.122. The first-order valence-electron chi connectivity index (χ1n) is 8.12. The Hall–Kier alpha value is -1.63. The smallest absolute Gasteiger partial charge is 0.410 e. The molecule has 0 unspecified atom stereocenters. The lowest BCUT2D eigenvalue weighted by Gasteiger charge is -2.25. The van der Waals surface area contributed by atoms with Crippen molar-refractivity contribution in [2.24, 2.45) is 5.92 Å². The van der Waals surface area contributed by atoms with E-state index in [0.29, 0.717) is 31.9 Å². The summed E-state index contributed by atoms with van der Waals surface area (Å²) in [6, 6.07) is 3.67. The summed E-state index contributed by atoms with van der Waals surface area (Å²) in [5.74, 6) is 0.405. The van der Waals surface area contributed by atoms with Crippen molar-refractivity contribution in [1.29, 1.82) is 0 Å². The fourth-order valence-corrected chi connectivity index (χ4v) is 2.87. The molecule has 132 valence electrons. The number of likely N-dealkylation sites (tertiary alicyclic amines) is 1. The number of carbonyl (C=O) groups excluding carboxylic acids is 2. The van der Waals surface area contributed by atoms with Crippen LogP contribution in [0.25, 0.3) is 0 Å². The Morgan fingerprint density at radius 2 is 2.12 bits per heavy atom. The van der Waals surface area contributed by atoms with Gasteiger partial charge in [-0.15, -0.1) is 0 Å². The van der Waals surface area contributed by atoms with E-state index in [4.69, 9.17) is 4.74 Å². The van der Waals surface area contributed by atoms with Crippen LogP contribution in [0.15, 0.2) is 22.8 Å². The van der Waals surface area contributed by atoms with E-state index in [-0.39, 0.29) is 17.9 Å². The SMILES string of the molecule is CCN(C(=O)[C@@H]1CCN(C(=O)OC(C)(C)C)C1)c1ccc(Br)cn1. The van der Waals surface area contributed by atoms with Crippen molar-refractivity contribution in [3.8, 4) is 0 Å². The van der Waals surface area contributed by atoms with Gasteiger partial charge < -0.3 is 9.64 Å². The van der Waals surface area contributed by atoms with Gasteiger partial charge in [0.05, 0.1) is 5.92 Å². The summed E-state index contributed by atoms with van der Waals surface area (Å²) in [4.78, 5) is 32.5. The van der Waals surface area contributed by atoms with E-state index in [1.54, 1.807) is 16.0 Å². The molecular weight excluding hydrogens is 374 g/mol. The first-order valence-corrected chi connectivity index (χ1v) is 8.91. The second kappa shape index (κ2) is 7.51. The van der Waals surface area contributed by atoms with Gasteiger partial charge >= 0.3 is 6.09 Å². The molecule has 0 bridgehead atoms. The molecule has 1 aromatic rings. The molecule has 0 saturated carbocycles. The van der Waals surface area contributed by atoms with E-state index >= 15 is 0 Å². The number of carbonyl (C=O) groups is 2. The third-order valence-electron chi connectivity index (χ3n) is 3.76. The van der Waals surface area contributed by atoms with Gasteiger partial charge in [0, 0.05) is 30.3 Å². The molecule has 1 aliphatic heterocycles. The Balaban J connectivity index is 2.02. The van der Waals surface area contributed by atoms with Gasteiger partial charge in [0.2, 0.25) is 5.91 Å². The van der Waals surface area contributed by atoms with Crippen molar-refractivity contribution in [2.45, 2.75) is 39.7 Å². The van der Waals surface area contributed by atoms with Gasteiger partial charge in [-0.3, -0.25) is 9.69 Å². The summed E-state index contributed by atoms with van der Waals surface area (Å²) in [7, 11) is 0. The number of amides is 2. The Morgan fingerprint density at radius 3 is 2.67 bits per heavy atom. The van der Waals surface area contributed by atoms with Crippen LogP contribution >= 0.6 is 15.9 Å². The third kappa shape index (κ3) is 4.69. The second-order valence-electron chi connectivity index (χ2n) is 6.83. The highest BCUT2D eigenvalue weighted by Crippen LogP contribution is 2.24. The lowest BCUT2D eigenvalue weighted by atomic mass is 10.1. The molecule has 2 heterocycles. The van der Waals surface area contributed by atoms with E-state index in [9.17, 15) is 9.59 Å². The zero-order valence-corrected chi connectivity index (χ0v) is 16.2. The zero-order valence-electron chi connectivity index (χ0n) is 14.6. The topological polar surface area (TPSA) is 62.7 Å². The van der Waals surface area contributed by atoms with Gasteiger partial charge in [0.25, 0.3) is 0 Å². The van der Waals surface area contributed by atoms with Gasteiger partial charge in [-0.2, -0.15) is 0 Å². The summed E-state index contributed by atoms with van der Waals surface area (Å²) in [6.07, 6.45) is 1.96. The molecule has 1 saturated heterocycles. The molecular formula is C17H24BrN3O3. The van der Waals surface area contributed by atoms with Gasteiger partial charge in [-0.1, -0.05) is 0 Å². The van der Waals surface area contributed by atoms with E-state index in [2.05, 4.69) is 20.9 Å². The van der Waals surface area contributed by atoms with E-state index in [1.165, 1.54) is 0 Å². The molecule has 1 fully saturated rings. The molecule has 0 spiro atoms. The molecule has 7 heteroatoms. The third-order valence-corrected chi connectivity index (χ3v) is 4.23. The van der Waals surface area contributed by atoms with Crippen molar-refractivity contribution in [2.75, 3.05) is 24.5 Å². The lowest BCUT2D eigenvalue weighted by Crippen LogP contribution is -2.39. The number of anilines is 1. The van der Waals surface area contributed by atoms with Crippen LogP contribution in [-0.2, 0) is 9.53 Å². The van der Waals surface area contributed by atoms with Gasteiger partial charge in [-0.05, 0) is 62.2 Å². The molecule has 0 aromatic carbocycles. The Labute approximate surface area is 151 Å². The summed E-state index contributed by atoms with van der Waals surface area (Å²) < 4.78 is 6.25. The zero-order chi connectivity index (χ0) is 17.9. The second-order valence-corrected chi connectivity index (χ2v) is 7.74. The number of ether oxygens (including phenoxy) is 1. The largest absolute Gasteiger partial charge is 0.444 e. The van der Waals surface area contributed by atoms with Crippen LogP contribution in [0.3, 0.4) is 0 Å². The quantitative estimate of drug-likeness (QED) is 0.783. The van der Waals surface area contributed by atoms with Crippen LogP contribution in [0.4, 0.5) is 10.6 Å². The fourth-order valence-electron chi connectivity index (χ4n) is 2.63. The first kappa shape index (κ1) is 18.7. The minimum absolute atomic E-state index is 0.00150. The van der Waals surface area contributed by atoms with E-state index < -0.39 is 5.60 Å². The fraction of sp³-hybridized carbons (Fsp3) is 0.588. The van der Waals surface area contributed by atoms with Crippen molar-refractivity contribution in [3.05, 3.63) is 22.8 Å². The summed E-state index contributed by atoms with van der Waals surface area (Å²) >= 11 is 3.34. The Morgan fingerprint density at radius 1 is 1.42 bits per heavy atom. The number of aromatic nitrogens is 1. The monoisotopic (exact) mass is 397 g/mol. The van der Waals surface area contributed by atoms with Crippen LogP contribution in [0, 0.1) is 5.92 Å². The van der Waals surface area contributed by atoms with Crippen LogP contribution in [0.2, 0.25) is 0 Å². The summed E-state index contributed by atoms with van der Waals surface area (Å²) in [5, 5.41) is 0. The van der Waals surface area contributed by atoms with Crippen molar-refractivity contribution in [3.63, 3.8) is 0 Å². The van der Waals surface area contributed by atoms with Crippen LogP contribution < -0.4 is 4.90 Å². The maximum absolute atomic E-state index is 12.8. The predicted octanol–water partition coefficient (Wildman–Crippen LogP) is 3.45. The number of pyridine rings is 1. The van der Waals surface area contributed by atoms with Crippen molar-refractivity contribution in [1.82, 2.24) is 9.88 Å².